The van der Waals surface area contributed by atoms with E-state index in [-0.39, 0.29) is 24.4 Å². The number of carbonyl (C=O) groups is 2. The van der Waals surface area contributed by atoms with Crippen molar-refractivity contribution in [3.63, 3.8) is 0 Å². The SMILES string of the molecule is CC(C)OC(=O)Cn1cc2c(c1)C(=O)CCCC2. The van der Waals surface area contributed by atoms with Crippen LogP contribution < -0.4 is 0 Å². The van der Waals surface area contributed by atoms with Crippen molar-refractivity contribution in [1.29, 1.82) is 0 Å². The standard InChI is InChI=1S/C14H19NO3/c1-10(2)18-14(17)9-15-7-11-5-3-4-6-13(16)12(11)8-15/h7-8,10H,3-6,9H2,1-2H3. The second-order valence-corrected chi connectivity index (χ2v) is 5.04. The molecule has 4 heteroatoms. The van der Waals surface area contributed by atoms with Crippen LogP contribution in [-0.4, -0.2) is 22.4 Å². The van der Waals surface area contributed by atoms with Gasteiger partial charge in [-0.2, -0.15) is 0 Å². The lowest BCUT2D eigenvalue weighted by Gasteiger charge is -2.08. The minimum Gasteiger partial charge on any atom is -0.462 e. The predicted octanol–water partition coefficient (Wildman–Crippen LogP) is 2.35. The number of rotatable bonds is 3. The lowest BCUT2D eigenvalue weighted by Crippen LogP contribution is -2.16. The Morgan fingerprint density at radius 2 is 2.06 bits per heavy atom. The lowest BCUT2D eigenvalue weighted by molar-refractivity contribution is -0.148. The summed E-state index contributed by atoms with van der Waals surface area (Å²) in [6.45, 7) is 3.83. The number of fused-ring (bicyclic) bond motifs is 1. The van der Waals surface area contributed by atoms with Gasteiger partial charge in [-0.05, 0) is 38.7 Å². The molecule has 0 spiro atoms. The van der Waals surface area contributed by atoms with Gasteiger partial charge in [0.1, 0.15) is 6.54 Å². The molecule has 18 heavy (non-hydrogen) atoms. The summed E-state index contributed by atoms with van der Waals surface area (Å²) in [4.78, 5) is 23.4. The zero-order valence-electron chi connectivity index (χ0n) is 10.9. The molecular weight excluding hydrogens is 230 g/mol. The van der Waals surface area contributed by atoms with E-state index in [0.29, 0.717) is 6.42 Å². The normalized spacial score (nSPS) is 15.4. The molecule has 0 atom stereocenters. The molecule has 0 saturated carbocycles. The number of carbonyl (C=O) groups excluding carboxylic acids is 2. The molecule has 1 aromatic heterocycles. The van der Waals surface area contributed by atoms with Gasteiger partial charge in [-0.3, -0.25) is 9.59 Å². The van der Waals surface area contributed by atoms with E-state index in [4.69, 9.17) is 4.74 Å². The highest BCUT2D eigenvalue weighted by atomic mass is 16.5. The zero-order valence-corrected chi connectivity index (χ0v) is 10.9. The highest BCUT2D eigenvalue weighted by molar-refractivity contribution is 5.97. The van der Waals surface area contributed by atoms with Crippen LogP contribution in [0.3, 0.4) is 0 Å². The van der Waals surface area contributed by atoms with Crippen LogP contribution in [-0.2, 0) is 22.5 Å². The molecule has 0 saturated heterocycles. The van der Waals surface area contributed by atoms with E-state index in [1.165, 1.54) is 0 Å². The molecule has 0 N–H and O–H groups in total. The van der Waals surface area contributed by atoms with Crippen LogP contribution in [0.25, 0.3) is 0 Å². The number of hydrogen-bond donors (Lipinski definition) is 0. The highest BCUT2D eigenvalue weighted by Crippen LogP contribution is 2.21. The Bertz CT molecular complexity index is 460. The Balaban J connectivity index is 2.10. The molecule has 0 amide bonds. The van der Waals surface area contributed by atoms with Crippen LogP contribution in [0.2, 0.25) is 0 Å². The summed E-state index contributed by atoms with van der Waals surface area (Å²) in [6.07, 6.45) is 7.13. The van der Waals surface area contributed by atoms with E-state index < -0.39 is 0 Å². The molecule has 2 rings (SSSR count). The van der Waals surface area contributed by atoms with E-state index in [0.717, 1.165) is 30.4 Å². The molecule has 4 nitrogen and oxygen atoms in total. The number of esters is 1. The van der Waals surface area contributed by atoms with Crippen molar-refractivity contribution in [2.45, 2.75) is 52.2 Å². The van der Waals surface area contributed by atoms with Crippen molar-refractivity contribution in [3.8, 4) is 0 Å². The van der Waals surface area contributed by atoms with Crippen LogP contribution in [0.15, 0.2) is 12.4 Å². The molecule has 0 aliphatic heterocycles. The van der Waals surface area contributed by atoms with Crippen molar-refractivity contribution in [2.75, 3.05) is 0 Å². The Morgan fingerprint density at radius 3 is 2.78 bits per heavy atom. The third-order valence-electron chi connectivity index (χ3n) is 3.04. The smallest absolute Gasteiger partial charge is 0.326 e. The highest BCUT2D eigenvalue weighted by Gasteiger charge is 2.18. The number of ketones is 1. The fraction of sp³-hybridized carbons (Fsp3) is 0.571. The third kappa shape index (κ3) is 3.00. The maximum atomic E-state index is 11.9. The van der Waals surface area contributed by atoms with Gasteiger partial charge in [0, 0.05) is 24.4 Å². The van der Waals surface area contributed by atoms with E-state index >= 15 is 0 Å². The molecular formula is C14H19NO3. The maximum absolute atomic E-state index is 11.9. The van der Waals surface area contributed by atoms with Crippen molar-refractivity contribution in [1.82, 2.24) is 4.57 Å². The Hall–Kier alpha value is -1.58. The van der Waals surface area contributed by atoms with Crippen LogP contribution >= 0.6 is 0 Å². The first-order chi connectivity index (χ1) is 8.56. The average Bonchev–Trinajstić information content (AvgIpc) is 2.58. The second-order valence-electron chi connectivity index (χ2n) is 5.04. The molecule has 0 unspecified atom stereocenters. The van der Waals surface area contributed by atoms with Gasteiger partial charge in [0.2, 0.25) is 0 Å². The van der Waals surface area contributed by atoms with E-state index in [2.05, 4.69) is 0 Å². The minimum atomic E-state index is -0.261. The summed E-state index contributed by atoms with van der Waals surface area (Å²) in [7, 11) is 0. The number of nitrogens with zero attached hydrogens (tertiary/aromatic N) is 1. The van der Waals surface area contributed by atoms with E-state index in [1.54, 1.807) is 10.8 Å². The van der Waals surface area contributed by atoms with Crippen LogP contribution in [0.4, 0.5) is 0 Å². The molecule has 1 aliphatic carbocycles. The van der Waals surface area contributed by atoms with Crippen LogP contribution in [0, 0.1) is 0 Å². The van der Waals surface area contributed by atoms with Crippen LogP contribution in [0.5, 0.6) is 0 Å². The molecule has 1 heterocycles. The van der Waals surface area contributed by atoms with Gasteiger partial charge in [0.15, 0.2) is 5.78 Å². The van der Waals surface area contributed by atoms with Crippen molar-refractivity contribution < 1.29 is 14.3 Å². The van der Waals surface area contributed by atoms with Gasteiger partial charge < -0.3 is 9.30 Å². The fourth-order valence-electron chi connectivity index (χ4n) is 2.28. The molecule has 0 fully saturated rings. The molecule has 0 aromatic carbocycles. The summed E-state index contributed by atoms with van der Waals surface area (Å²) in [5.74, 6) is -0.0684. The van der Waals surface area contributed by atoms with E-state index in [1.807, 2.05) is 20.0 Å². The minimum absolute atomic E-state index is 0.104. The average molecular weight is 249 g/mol. The predicted molar refractivity (Wildman–Crippen MR) is 67.5 cm³/mol. The third-order valence-corrected chi connectivity index (χ3v) is 3.04. The van der Waals surface area contributed by atoms with Gasteiger partial charge in [0.25, 0.3) is 0 Å². The largest absolute Gasteiger partial charge is 0.462 e. The lowest BCUT2D eigenvalue weighted by atomic mass is 10.1. The number of aromatic nitrogens is 1. The molecule has 98 valence electrons. The first-order valence-corrected chi connectivity index (χ1v) is 6.47. The Labute approximate surface area is 107 Å². The van der Waals surface area contributed by atoms with Crippen molar-refractivity contribution in [3.05, 3.63) is 23.5 Å². The summed E-state index contributed by atoms with van der Waals surface area (Å²) in [5.41, 5.74) is 1.85. The van der Waals surface area contributed by atoms with Crippen molar-refractivity contribution >= 4 is 11.8 Å². The second kappa shape index (κ2) is 5.38. The molecule has 1 aliphatic rings. The van der Waals surface area contributed by atoms with Crippen LogP contribution in [0.1, 0.15) is 49.0 Å². The van der Waals surface area contributed by atoms with Gasteiger partial charge in [0.05, 0.1) is 6.10 Å². The summed E-state index contributed by atoms with van der Waals surface area (Å²) >= 11 is 0. The molecule has 0 radical (unpaired) electrons. The Kier molecular flexibility index (Phi) is 3.84. The fourth-order valence-corrected chi connectivity index (χ4v) is 2.28. The number of ether oxygens (including phenoxy) is 1. The monoisotopic (exact) mass is 249 g/mol. The summed E-state index contributed by atoms with van der Waals surface area (Å²) < 4.78 is 6.86. The maximum Gasteiger partial charge on any atom is 0.326 e. The topological polar surface area (TPSA) is 48.3 Å². The molecule has 1 aromatic rings. The van der Waals surface area contributed by atoms with Crippen molar-refractivity contribution in [2.24, 2.45) is 0 Å². The van der Waals surface area contributed by atoms with E-state index in [9.17, 15) is 9.59 Å². The van der Waals surface area contributed by atoms with Gasteiger partial charge in [-0.1, -0.05) is 0 Å². The number of Topliss-reactive ketones (excluding diaryl/α,β-unsaturated/α-hetero) is 1. The number of aryl methyl sites for hydroxylation is 1. The number of hydrogen-bond acceptors (Lipinski definition) is 3. The summed E-state index contributed by atoms with van der Waals surface area (Å²) in [6, 6.07) is 0. The van der Waals surface area contributed by atoms with Gasteiger partial charge >= 0.3 is 5.97 Å². The Morgan fingerprint density at radius 1 is 1.33 bits per heavy atom. The first kappa shape index (κ1) is 12.9. The first-order valence-electron chi connectivity index (χ1n) is 6.47. The summed E-state index contributed by atoms with van der Waals surface area (Å²) in [5, 5.41) is 0. The van der Waals surface area contributed by atoms with Gasteiger partial charge in [-0.15, -0.1) is 0 Å². The van der Waals surface area contributed by atoms with Gasteiger partial charge in [-0.25, -0.2) is 0 Å². The quantitative estimate of drug-likeness (QED) is 0.610. The molecule has 0 bridgehead atoms. The zero-order chi connectivity index (χ0) is 13.1.